The highest BCUT2D eigenvalue weighted by Crippen LogP contribution is 2.18. The van der Waals surface area contributed by atoms with E-state index in [4.69, 9.17) is 5.26 Å². The average Bonchev–Trinajstić information content (AvgIpc) is 2.66. The molecule has 1 aliphatic heterocycles. The van der Waals surface area contributed by atoms with Crippen molar-refractivity contribution in [3.05, 3.63) is 46.8 Å². The summed E-state index contributed by atoms with van der Waals surface area (Å²) < 4.78 is 1.50. The van der Waals surface area contributed by atoms with Gasteiger partial charge in [0, 0.05) is 43.8 Å². The van der Waals surface area contributed by atoms with E-state index in [1.165, 1.54) is 23.4 Å². The second-order valence-electron chi connectivity index (χ2n) is 6.02. The van der Waals surface area contributed by atoms with Crippen LogP contribution in [0.25, 0.3) is 0 Å². The molecule has 0 saturated carbocycles. The first-order valence-electron chi connectivity index (χ1n) is 8.49. The van der Waals surface area contributed by atoms with Crippen LogP contribution < -0.4 is 10.9 Å². The van der Waals surface area contributed by atoms with Crippen molar-refractivity contribution in [1.29, 1.82) is 5.26 Å². The minimum Gasteiger partial charge on any atom is -0.366 e. The lowest BCUT2D eigenvalue weighted by Gasteiger charge is -2.35. The highest BCUT2D eigenvalue weighted by Gasteiger charge is 2.22. The summed E-state index contributed by atoms with van der Waals surface area (Å²) in [5.74, 6) is 0.525. The summed E-state index contributed by atoms with van der Waals surface area (Å²) in [6.07, 6.45) is 8.14. The van der Waals surface area contributed by atoms with Crippen LogP contribution >= 0.6 is 0 Å². The first kappa shape index (κ1) is 17.0. The number of likely N-dealkylation sites (tertiary alicyclic amines) is 1. The van der Waals surface area contributed by atoms with E-state index in [0.29, 0.717) is 30.6 Å². The maximum absolute atomic E-state index is 11.8. The van der Waals surface area contributed by atoms with Crippen LogP contribution in [0.3, 0.4) is 0 Å². The zero-order valence-corrected chi connectivity index (χ0v) is 14.0. The monoisotopic (exact) mass is 339 g/mol. The molecular weight excluding hydrogens is 318 g/mol. The van der Waals surface area contributed by atoms with E-state index in [1.807, 2.05) is 0 Å². The van der Waals surface area contributed by atoms with Gasteiger partial charge in [-0.3, -0.25) is 9.69 Å². The number of hydrogen-bond acceptors (Lipinski definition) is 7. The van der Waals surface area contributed by atoms with E-state index in [0.717, 1.165) is 25.9 Å². The lowest BCUT2D eigenvalue weighted by atomic mass is 10.0. The predicted octanol–water partition coefficient (Wildman–Crippen LogP) is 0.872. The molecule has 3 rings (SSSR count). The number of hydrogen-bond donors (Lipinski definition) is 1. The Morgan fingerprint density at radius 2 is 2.12 bits per heavy atom. The molecule has 3 heterocycles. The second-order valence-corrected chi connectivity index (χ2v) is 6.02. The van der Waals surface area contributed by atoms with Gasteiger partial charge in [0.1, 0.15) is 6.07 Å². The Bertz CT molecular complexity index is 798. The number of nitrogens with one attached hydrogen (secondary N) is 1. The molecule has 0 aromatic carbocycles. The molecule has 1 fully saturated rings. The van der Waals surface area contributed by atoms with Crippen LogP contribution in [-0.2, 0) is 6.54 Å². The molecule has 0 aliphatic carbocycles. The molecule has 1 N–H and O–H groups in total. The van der Waals surface area contributed by atoms with Gasteiger partial charge in [-0.25, -0.2) is 14.6 Å². The third-order valence-corrected chi connectivity index (χ3v) is 4.44. The van der Waals surface area contributed by atoms with Gasteiger partial charge in [0.15, 0.2) is 11.5 Å². The van der Waals surface area contributed by atoms with E-state index in [1.54, 1.807) is 18.5 Å². The lowest BCUT2D eigenvalue weighted by Crippen LogP contribution is -2.45. The number of nitriles is 1. The third-order valence-electron chi connectivity index (χ3n) is 4.44. The Balaban J connectivity index is 1.60. The fourth-order valence-corrected chi connectivity index (χ4v) is 3.13. The quantitative estimate of drug-likeness (QED) is 0.833. The molecule has 0 bridgehead atoms. The van der Waals surface area contributed by atoms with Crippen molar-refractivity contribution in [2.24, 2.45) is 0 Å². The molecule has 0 radical (unpaired) electrons. The summed E-state index contributed by atoms with van der Waals surface area (Å²) in [5.41, 5.74) is 0.234. The summed E-state index contributed by atoms with van der Waals surface area (Å²) in [7, 11) is 0. The topological polar surface area (TPSA) is 99.7 Å². The van der Waals surface area contributed by atoms with Crippen LogP contribution in [-0.4, -0.2) is 50.3 Å². The highest BCUT2D eigenvalue weighted by atomic mass is 16.1. The smallest absolute Gasteiger partial charge is 0.266 e. The van der Waals surface area contributed by atoms with Crippen LogP contribution in [0.15, 0.2) is 35.5 Å². The predicted molar refractivity (Wildman–Crippen MR) is 92.9 cm³/mol. The van der Waals surface area contributed by atoms with E-state index in [-0.39, 0.29) is 5.56 Å². The molecule has 2 aromatic heterocycles. The number of aromatic nitrogens is 4. The molecule has 2 aromatic rings. The fourth-order valence-electron chi connectivity index (χ4n) is 3.13. The summed E-state index contributed by atoms with van der Waals surface area (Å²) >= 11 is 0. The van der Waals surface area contributed by atoms with Gasteiger partial charge in [0.2, 0.25) is 0 Å². The number of anilines is 1. The van der Waals surface area contributed by atoms with Crippen molar-refractivity contribution in [3.63, 3.8) is 0 Å². The normalized spacial score (nSPS) is 17.8. The van der Waals surface area contributed by atoms with Crippen molar-refractivity contribution >= 4 is 5.82 Å². The summed E-state index contributed by atoms with van der Waals surface area (Å²) in [5, 5.41) is 16.5. The molecule has 1 atom stereocenters. The molecule has 25 heavy (non-hydrogen) atoms. The van der Waals surface area contributed by atoms with E-state index in [9.17, 15) is 4.79 Å². The zero-order chi connectivity index (χ0) is 17.5. The van der Waals surface area contributed by atoms with Gasteiger partial charge >= 0.3 is 0 Å². The van der Waals surface area contributed by atoms with Gasteiger partial charge in [-0.1, -0.05) is 6.42 Å². The molecule has 0 amide bonds. The second kappa shape index (κ2) is 8.35. The molecule has 1 unspecified atom stereocenters. The Kier molecular flexibility index (Phi) is 5.69. The lowest BCUT2D eigenvalue weighted by molar-refractivity contribution is 0.148. The molecule has 8 nitrogen and oxygen atoms in total. The Labute approximate surface area is 146 Å². The number of piperidine rings is 1. The van der Waals surface area contributed by atoms with Crippen LogP contribution in [0.1, 0.15) is 25.0 Å². The van der Waals surface area contributed by atoms with Gasteiger partial charge in [-0.05, 0) is 25.5 Å². The fraction of sp³-hybridized carbons (Fsp3) is 0.471. The van der Waals surface area contributed by atoms with Crippen molar-refractivity contribution in [2.75, 3.05) is 25.0 Å². The number of nitrogens with zero attached hydrogens (tertiary/aromatic N) is 6. The van der Waals surface area contributed by atoms with Gasteiger partial charge in [-0.15, -0.1) is 0 Å². The van der Waals surface area contributed by atoms with Crippen LogP contribution in [0.2, 0.25) is 0 Å². The molecule has 8 heteroatoms. The maximum Gasteiger partial charge on any atom is 0.266 e. The van der Waals surface area contributed by atoms with Gasteiger partial charge in [0.25, 0.3) is 5.56 Å². The first-order valence-corrected chi connectivity index (χ1v) is 8.49. The SMILES string of the molecule is N#Cc1nccnc1NCC1CCCCN1CCn1ncccc1=O. The van der Waals surface area contributed by atoms with Crippen LogP contribution in [0.5, 0.6) is 0 Å². The third kappa shape index (κ3) is 4.39. The Morgan fingerprint density at radius 3 is 2.96 bits per heavy atom. The minimum atomic E-state index is -0.0765. The van der Waals surface area contributed by atoms with Crippen molar-refractivity contribution in [1.82, 2.24) is 24.6 Å². The molecule has 1 aliphatic rings. The summed E-state index contributed by atoms with van der Waals surface area (Å²) in [4.78, 5) is 22.4. The van der Waals surface area contributed by atoms with Crippen molar-refractivity contribution < 1.29 is 0 Å². The van der Waals surface area contributed by atoms with Gasteiger partial charge in [0.05, 0.1) is 6.54 Å². The maximum atomic E-state index is 11.8. The Morgan fingerprint density at radius 1 is 1.24 bits per heavy atom. The minimum absolute atomic E-state index is 0.0765. The van der Waals surface area contributed by atoms with Crippen LogP contribution in [0, 0.1) is 11.3 Å². The molecular formula is C17H21N7O. The molecule has 130 valence electrons. The zero-order valence-electron chi connectivity index (χ0n) is 14.0. The summed E-state index contributed by atoms with van der Waals surface area (Å²) in [6.45, 7) is 3.05. The molecule has 0 spiro atoms. The highest BCUT2D eigenvalue weighted by molar-refractivity contribution is 5.46. The molecule has 1 saturated heterocycles. The average molecular weight is 339 g/mol. The first-order chi connectivity index (χ1) is 12.3. The van der Waals surface area contributed by atoms with Gasteiger partial charge in [-0.2, -0.15) is 10.4 Å². The Hall–Kier alpha value is -2.79. The van der Waals surface area contributed by atoms with Crippen LogP contribution in [0.4, 0.5) is 5.82 Å². The van der Waals surface area contributed by atoms with Gasteiger partial charge < -0.3 is 5.32 Å². The van der Waals surface area contributed by atoms with E-state index in [2.05, 4.69) is 31.4 Å². The largest absolute Gasteiger partial charge is 0.366 e. The van der Waals surface area contributed by atoms with E-state index < -0.39 is 0 Å². The van der Waals surface area contributed by atoms with Crippen molar-refractivity contribution in [2.45, 2.75) is 31.8 Å². The number of rotatable bonds is 6. The van der Waals surface area contributed by atoms with Crippen molar-refractivity contribution in [3.8, 4) is 6.07 Å². The standard InChI is InChI=1S/C17H21N7O/c18-12-15-17(20-8-7-19-15)21-13-14-4-1-2-9-23(14)10-11-24-16(25)5-3-6-22-24/h3,5-8,14H,1-2,4,9-11,13H2,(H,20,21). The van der Waals surface area contributed by atoms with E-state index >= 15 is 0 Å². The summed E-state index contributed by atoms with van der Waals surface area (Å²) in [6, 6.07) is 5.57.